The lowest BCUT2D eigenvalue weighted by molar-refractivity contribution is -0.118. The molecule has 0 bridgehead atoms. The molecule has 0 aromatic carbocycles. The van der Waals surface area contributed by atoms with Gasteiger partial charge < -0.3 is 16.2 Å². The Kier molecular flexibility index (Phi) is 3.72. The first-order valence-corrected chi connectivity index (χ1v) is 5.80. The van der Waals surface area contributed by atoms with E-state index < -0.39 is 17.4 Å². The number of carboxylic acids is 1. The van der Waals surface area contributed by atoms with E-state index in [1.165, 1.54) is 0 Å². The molecule has 0 saturated heterocycles. The lowest BCUT2D eigenvalue weighted by atomic mass is 10.0. The summed E-state index contributed by atoms with van der Waals surface area (Å²) >= 11 is 1.05. The highest BCUT2D eigenvalue weighted by atomic mass is 32.1. The molecule has 4 N–H and O–H groups in total. The molecule has 94 valence electrons. The van der Waals surface area contributed by atoms with Gasteiger partial charge in [0, 0.05) is 12.0 Å². The van der Waals surface area contributed by atoms with E-state index in [2.05, 4.69) is 10.3 Å². The van der Waals surface area contributed by atoms with Crippen LogP contribution in [0.2, 0.25) is 0 Å². The molecule has 0 aliphatic heterocycles. The summed E-state index contributed by atoms with van der Waals surface area (Å²) in [5.41, 5.74) is 5.03. The van der Waals surface area contributed by atoms with E-state index >= 15 is 0 Å². The minimum absolute atomic E-state index is 0.147. The largest absolute Gasteiger partial charge is 0.477 e. The van der Waals surface area contributed by atoms with Crippen molar-refractivity contribution in [2.75, 3.05) is 5.32 Å². The second-order valence-corrected chi connectivity index (χ2v) is 5.39. The average Bonchev–Trinajstić information content (AvgIpc) is 2.42. The number of hydrogen-bond donors (Lipinski definition) is 3. The van der Waals surface area contributed by atoms with Gasteiger partial charge in [-0.05, 0) is 20.8 Å². The van der Waals surface area contributed by atoms with Crippen molar-refractivity contribution in [1.82, 2.24) is 4.98 Å². The zero-order valence-corrected chi connectivity index (χ0v) is 10.7. The van der Waals surface area contributed by atoms with Crippen molar-refractivity contribution in [3.05, 3.63) is 10.6 Å². The molecule has 1 aromatic heterocycles. The second kappa shape index (κ2) is 4.70. The number of anilines is 1. The Bertz CT molecular complexity index is 454. The number of nitrogens with zero attached hydrogens (tertiary/aromatic N) is 1. The fourth-order valence-corrected chi connectivity index (χ4v) is 2.40. The van der Waals surface area contributed by atoms with Gasteiger partial charge in [0.1, 0.15) is 4.88 Å². The van der Waals surface area contributed by atoms with Crippen molar-refractivity contribution in [3.8, 4) is 0 Å². The average molecular weight is 257 g/mol. The number of hydrogen-bond acceptors (Lipinski definition) is 5. The van der Waals surface area contributed by atoms with Gasteiger partial charge in [-0.2, -0.15) is 0 Å². The van der Waals surface area contributed by atoms with Crippen molar-refractivity contribution in [1.29, 1.82) is 0 Å². The lowest BCUT2D eigenvalue weighted by Gasteiger charge is -2.24. The highest BCUT2D eigenvalue weighted by Crippen LogP contribution is 2.26. The highest BCUT2D eigenvalue weighted by Gasteiger charge is 2.23. The van der Waals surface area contributed by atoms with Crippen molar-refractivity contribution in [2.24, 2.45) is 5.73 Å². The van der Waals surface area contributed by atoms with Crippen LogP contribution in [0.4, 0.5) is 5.13 Å². The lowest BCUT2D eigenvalue weighted by Crippen LogP contribution is -2.35. The van der Waals surface area contributed by atoms with Gasteiger partial charge in [0.05, 0.1) is 5.69 Å². The summed E-state index contributed by atoms with van der Waals surface area (Å²) in [5.74, 6) is -1.42. The zero-order chi connectivity index (χ0) is 13.2. The topological polar surface area (TPSA) is 105 Å². The number of nitrogens with one attached hydrogen (secondary N) is 1. The Hall–Kier alpha value is -1.63. The SMILES string of the molecule is Cc1nc(NC(C)(C)CC(N)=O)sc1C(=O)O. The second-order valence-electron chi connectivity index (χ2n) is 4.39. The fraction of sp³-hybridized carbons (Fsp3) is 0.500. The number of aryl methyl sites for hydroxylation is 1. The maximum Gasteiger partial charge on any atom is 0.347 e. The third-order valence-corrected chi connectivity index (χ3v) is 3.11. The molecule has 6 nitrogen and oxygen atoms in total. The molecule has 7 heteroatoms. The number of aromatic nitrogens is 1. The first-order chi connectivity index (χ1) is 7.71. The van der Waals surface area contributed by atoms with Gasteiger partial charge in [-0.3, -0.25) is 4.79 Å². The smallest absolute Gasteiger partial charge is 0.347 e. The van der Waals surface area contributed by atoms with Crippen LogP contribution in [0.3, 0.4) is 0 Å². The highest BCUT2D eigenvalue weighted by molar-refractivity contribution is 7.17. The molecule has 0 aliphatic carbocycles. The summed E-state index contributed by atoms with van der Waals surface area (Å²) < 4.78 is 0. The number of thiazole rings is 1. The molecule has 1 heterocycles. The van der Waals surface area contributed by atoms with E-state index in [1.807, 2.05) is 0 Å². The van der Waals surface area contributed by atoms with Crippen LogP contribution in [0.5, 0.6) is 0 Å². The van der Waals surface area contributed by atoms with Crippen molar-refractivity contribution < 1.29 is 14.7 Å². The first-order valence-electron chi connectivity index (χ1n) is 4.98. The van der Waals surface area contributed by atoms with E-state index in [0.29, 0.717) is 10.8 Å². The molecule has 0 spiro atoms. The predicted octanol–water partition coefficient (Wildman–Crippen LogP) is 1.22. The standard InChI is InChI=1S/C10H15N3O3S/c1-5-7(8(15)16)17-9(12-5)13-10(2,3)4-6(11)14/h4H2,1-3H3,(H2,11,14)(H,12,13)(H,15,16). The van der Waals surface area contributed by atoms with Gasteiger partial charge in [0.25, 0.3) is 0 Å². The van der Waals surface area contributed by atoms with Crippen molar-refractivity contribution in [3.63, 3.8) is 0 Å². The molecule has 0 saturated carbocycles. The van der Waals surface area contributed by atoms with E-state index in [0.717, 1.165) is 11.3 Å². The zero-order valence-electron chi connectivity index (χ0n) is 9.90. The van der Waals surface area contributed by atoms with Crippen LogP contribution in [0.1, 0.15) is 35.6 Å². The van der Waals surface area contributed by atoms with E-state index in [4.69, 9.17) is 10.8 Å². The van der Waals surface area contributed by atoms with Crippen LogP contribution in [0, 0.1) is 6.92 Å². The number of primary amides is 1. The van der Waals surface area contributed by atoms with Crippen molar-refractivity contribution >= 4 is 28.3 Å². The Labute approximate surface area is 103 Å². The molecule has 1 amide bonds. The van der Waals surface area contributed by atoms with Crippen LogP contribution >= 0.6 is 11.3 Å². The molecule has 0 fully saturated rings. The summed E-state index contributed by atoms with van der Waals surface area (Å²) in [6.07, 6.45) is 0.147. The molecule has 1 aromatic rings. The van der Waals surface area contributed by atoms with E-state index in [9.17, 15) is 9.59 Å². The van der Waals surface area contributed by atoms with Gasteiger partial charge in [0.15, 0.2) is 5.13 Å². The van der Waals surface area contributed by atoms with Gasteiger partial charge in [-0.1, -0.05) is 11.3 Å². The Morgan fingerprint density at radius 1 is 1.53 bits per heavy atom. The molecular weight excluding hydrogens is 242 g/mol. The minimum Gasteiger partial charge on any atom is -0.477 e. The number of nitrogens with two attached hydrogens (primary N) is 1. The van der Waals surface area contributed by atoms with Crippen LogP contribution in [0.15, 0.2) is 0 Å². The minimum atomic E-state index is -0.999. The molecule has 0 radical (unpaired) electrons. The van der Waals surface area contributed by atoms with Gasteiger partial charge in [-0.25, -0.2) is 9.78 Å². The van der Waals surface area contributed by atoms with Crippen LogP contribution in [-0.4, -0.2) is 27.5 Å². The number of carbonyl (C=O) groups excluding carboxylic acids is 1. The number of carbonyl (C=O) groups is 2. The Morgan fingerprint density at radius 2 is 2.12 bits per heavy atom. The van der Waals surface area contributed by atoms with Gasteiger partial charge >= 0.3 is 5.97 Å². The summed E-state index contributed by atoms with van der Waals surface area (Å²) in [5, 5.41) is 12.4. The maximum atomic E-state index is 10.9. The number of carboxylic acid groups (broad SMARTS) is 1. The van der Waals surface area contributed by atoms with Crippen LogP contribution in [0.25, 0.3) is 0 Å². The summed E-state index contributed by atoms with van der Waals surface area (Å²) in [6.45, 7) is 5.23. The van der Waals surface area contributed by atoms with E-state index in [1.54, 1.807) is 20.8 Å². The van der Waals surface area contributed by atoms with E-state index in [-0.39, 0.29) is 11.3 Å². The summed E-state index contributed by atoms with van der Waals surface area (Å²) in [7, 11) is 0. The molecule has 0 atom stereocenters. The quantitative estimate of drug-likeness (QED) is 0.735. The van der Waals surface area contributed by atoms with Crippen LogP contribution in [-0.2, 0) is 4.79 Å². The molecule has 0 unspecified atom stereocenters. The normalized spacial score (nSPS) is 11.2. The monoisotopic (exact) mass is 257 g/mol. The Morgan fingerprint density at radius 3 is 2.53 bits per heavy atom. The van der Waals surface area contributed by atoms with Gasteiger partial charge in [0.2, 0.25) is 5.91 Å². The first kappa shape index (κ1) is 13.4. The predicted molar refractivity (Wildman–Crippen MR) is 65.3 cm³/mol. The molecular formula is C10H15N3O3S. The van der Waals surface area contributed by atoms with Crippen molar-refractivity contribution in [2.45, 2.75) is 32.7 Å². The summed E-state index contributed by atoms with van der Waals surface area (Å²) in [4.78, 5) is 26.0. The fourth-order valence-electron chi connectivity index (χ4n) is 1.42. The molecule has 1 rings (SSSR count). The third-order valence-electron chi connectivity index (χ3n) is 2.05. The molecule has 0 aliphatic rings. The third kappa shape index (κ3) is 3.70. The number of amides is 1. The maximum absolute atomic E-state index is 10.9. The van der Waals surface area contributed by atoms with Gasteiger partial charge in [-0.15, -0.1) is 0 Å². The summed E-state index contributed by atoms with van der Waals surface area (Å²) in [6, 6.07) is 0. The Balaban J connectivity index is 2.85. The number of rotatable bonds is 5. The van der Waals surface area contributed by atoms with Crippen LogP contribution < -0.4 is 11.1 Å². The molecule has 17 heavy (non-hydrogen) atoms. The number of aromatic carboxylic acids is 1.